The standard InChI is InChI=1S/C14H19N5O/c1-10(15)3-6-14(20)18-12-4-5-13(17-9-12)19-8-7-16-11(19)2/h4-5,7-10H,3,6,15H2,1-2H3,(H,18,20). The van der Waals surface area contributed by atoms with Gasteiger partial charge in [0.25, 0.3) is 0 Å². The maximum Gasteiger partial charge on any atom is 0.224 e. The summed E-state index contributed by atoms with van der Waals surface area (Å²) in [7, 11) is 0. The first-order valence-electron chi connectivity index (χ1n) is 6.58. The predicted molar refractivity (Wildman–Crippen MR) is 77.6 cm³/mol. The van der Waals surface area contributed by atoms with E-state index in [0.717, 1.165) is 11.6 Å². The first-order valence-corrected chi connectivity index (χ1v) is 6.58. The SMILES string of the molecule is Cc1nccn1-c1ccc(NC(=O)CCC(C)N)cn1. The highest BCUT2D eigenvalue weighted by Crippen LogP contribution is 2.12. The molecule has 0 aromatic carbocycles. The fourth-order valence-electron chi connectivity index (χ4n) is 1.80. The van der Waals surface area contributed by atoms with Crippen molar-refractivity contribution in [3.63, 3.8) is 0 Å². The molecule has 0 bridgehead atoms. The molecule has 0 spiro atoms. The van der Waals surface area contributed by atoms with Crippen LogP contribution in [-0.4, -0.2) is 26.5 Å². The Morgan fingerprint density at radius 3 is 2.80 bits per heavy atom. The molecule has 0 radical (unpaired) electrons. The molecular formula is C14H19N5O. The molecule has 1 atom stereocenters. The van der Waals surface area contributed by atoms with Gasteiger partial charge in [0, 0.05) is 24.9 Å². The van der Waals surface area contributed by atoms with Crippen LogP contribution in [0.3, 0.4) is 0 Å². The van der Waals surface area contributed by atoms with Crippen LogP contribution in [0.1, 0.15) is 25.6 Å². The van der Waals surface area contributed by atoms with Gasteiger partial charge in [-0.25, -0.2) is 9.97 Å². The molecule has 0 fully saturated rings. The van der Waals surface area contributed by atoms with E-state index in [1.54, 1.807) is 12.4 Å². The zero-order valence-corrected chi connectivity index (χ0v) is 11.7. The number of pyridine rings is 1. The molecule has 0 aliphatic carbocycles. The summed E-state index contributed by atoms with van der Waals surface area (Å²) in [6.07, 6.45) is 6.30. The fraction of sp³-hybridized carbons (Fsp3) is 0.357. The van der Waals surface area contributed by atoms with Crippen molar-refractivity contribution in [2.45, 2.75) is 32.7 Å². The highest BCUT2D eigenvalue weighted by molar-refractivity contribution is 5.90. The van der Waals surface area contributed by atoms with Crippen LogP contribution in [0.25, 0.3) is 5.82 Å². The maximum absolute atomic E-state index is 11.7. The van der Waals surface area contributed by atoms with E-state index in [-0.39, 0.29) is 11.9 Å². The number of nitrogens with one attached hydrogen (secondary N) is 1. The average Bonchev–Trinajstić information content (AvgIpc) is 2.84. The van der Waals surface area contributed by atoms with Crippen molar-refractivity contribution >= 4 is 11.6 Å². The van der Waals surface area contributed by atoms with E-state index < -0.39 is 0 Å². The van der Waals surface area contributed by atoms with Gasteiger partial charge in [-0.3, -0.25) is 9.36 Å². The summed E-state index contributed by atoms with van der Waals surface area (Å²) in [6, 6.07) is 3.70. The van der Waals surface area contributed by atoms with Crippen LogP contribution in [0.15, 0.2) is 30.7 Å². The Balaban J connectivity index is 1.98. The number of anilines is 1. The van der Waals surface area contributed by atoms with Gasteiger partial charge in [0.15, 0.2) is 0 Å². The van der Waals surface area contributed by atoms with Gasteiger partial charge in [0.1, 0.15) is 11.6 Å². The Bertz CT molecular complexity index is 574. The van der Waals surface area contributed by atoms with Gasteiger partial charge in [-0.1, -0.05) is 0 Å². The molecule has 20 heavy (non-hydrogen) atoms. The van der Waals surface area contributed by atoms with Crippen molar-refractivity contribution in [3.05, 3.63) is 36.5 Å². The zero-order chi connectivity index (χ0) is 14.5. The van der Waals surface area contributed by atoms with Crippen molar-refractivity contribution in [2.24, 2.45) is 5.73 Å². The minimum absolute atomic E-state index is 0.0328. The summed E-state index contributed by atoms with van der Waals surface area (Å²) >= 11 is 0. The summed E-state index contributed by atoms with van der Waals surface area (Å²) in [6.45, 7) is 3.79. The minimum atomic E-state index is -0.0457. The molecule has 2 heterocycles. The van der Waals surface area contributed by atoms with E-state index in [9.17, 15) is 4.79 Å². The molecule has 2 aromatic heterocycles. The highest BCUT2D eigenvalue weighted by Gasteiger charge is 2.06. The van der Waals surface area contributed by atoms with Crippen LogP contribution in [0, 0.1) is 6.92 Å². The maximum atomic E-state index is 11.7. The summed E-state index contributed by atoms with van der Waals surface area (Å²) in [4.78, 5) is 20.1. The number of hydrogen-bond acceptors (Lipinski definition) is 4. The van der Waals surface area contributed by atoms with Crippen molar-refractivity contribution < 1.29 is 4.79 Å². The first-order chi connectivity index (χ1) is 9.56. The second-order valence-electron chi connectivity index (χ2n) is 4.81. The van der Waals surface area contributed by atoms with Crippen LogP contribution in [0.4, 0.5) is 5.69 Å². The average molecular weight is 273 g/mol. The van der Waals surface area contributed by atoms with Gasteiger partial charge >= 0.3 is 0 Å². The van der Waals surface area contributed by atoms with Gasteiger partial charge in [0.05, 0.1) is 11.9 Å². The number of nitrogens with two attached hydrogens (primary N) is 1. The number of hydrogen-bond donors (Lipinski definition) is 2. The molecule has 6 nitrogen and oxygen atoms in total. The summed E-state index contributed by atoms with van der Waals surface area (Å²) in [5, 5.41) is 2.80. The largest absolute Gasteiger partial charge is 0.328 e. The number of imidazole rings is 1. The van der Waals surface area contributed by atoms with Crippen LogP contribution < -0.4 is 11.1 Å². The number of rotatable bonds is 5. The molecule has 0 saturated carbocycles. The normalized spacial score (nSPS) is 12.2. The Morgan fingerprint density at radius 1 is 1.45 bits per heavy atom. The Kier molecular flexibility index (Phi) is 4.47. The summed E-state index contributed by atoms with van der Waals surface area (Å²) in [5.74, 6) is 1.59. The number of aromatic nitrogens is 3. The number of nitrogens with zero attached hydrogens (tertiary/aromatic N) is 3. The Hall–Kier alpha value is -2.21. The van der Waals surface area contributed by atoms with Crippen molar-refractivity contribution in [3.8, 4) is 5.82 Å². The third kappa shape index (κ3) is 3.64. The number of aryl methyl sites for hydroxylation is 1. The van der Waals surface area contributed by atoms with E-state index in [1.165, 1.54) is 0 Å². The predicted octanol–water partition coefficient (Wildman–Crippen LogP) is 1.64. The third-order valence-electron chi connectivity index (χ3n) is 2.93. The van der Waals surface area contributed by atoms with Crippen LogP contribution >= 0.6 is 0 Å². The molecular weight excluding hydrogens is 254 g/mol. The van der Waals surface area contributed by atoms with Gasteiger partial charge < -0.3 is 11.1 Å². The fourth-order valence-corrected chi connectivity index (χ4v) is 1.80. The number of amides is 1. The first kappa shape index (κ1) is 14.2. The lowest BCUT2D eigenvalue weighted by Crippen LogP contribution is -2.19. The number of carbonyl (C=O) groups excluding carboxylic acids is 1. The molecule has 0 saturated heterocycles. The molecule has 106 valence electrons. The molecule has 2 rings (SSSR count). The van der Waals surface area contributed by atoms with E-state index >= 15 is 0 Å². The molecule has 0 aliphatic rings. The van der Waals surface area contributed by atoms with E-state index in [0.29, 0.717) is 18.5 Å². The van der Waals surface area contributed by atoms with Gasteiger partial charge in [-0.2, -0.15) is 0 Å². The van der Waals surface area contributed by atoms with Gasteiger partial charge in [0.2, 0.25) is 5.91 Å². The topological polar surface area (TPSA) is 85.8 Å². The lowest BCUT2D eigenvalue weighted by Gasteiger charge is -2.08. The second-order valence-corrected chi connectivity index (χ2v) is 4.81. The summed E-state index contributed by atoms with van der Waals surface area (Å²) in [5.41, 5.74) is 6.30. The molecule has 6 heteroatoms. The molecule has 1 amide bonds. The molecule has 0 aliphatic heterocycles. The number of carbonyl (C=O) groups is 1. The van der Waals surface area contributed by atoms with Crippen molar-refractivity contribution in [1.29, 1.82) is 0 Å². The Labute approximate surface area is 118 Å². The zero-order valence-electron chi connectivity index (χ0n) is 11.7. The van der Waals surface area contributed by atoms with E-state index in [1.807, 2.05) is 36.7 Å². The van der Waals surface area contributed by atoms with Crippen molar-refractivity contribution in [1.82, 2.24) is 14.5 Å². The monoisotopic (exact) mass is 273 g/mol. The van der Waals surface area contributed by atoms with Gasteiger partial charge in [-0.15, -0.1) is 0 Å². The molecule has 2 aromatic rings. The Morgan fingerprint density at radius 2 is 2.25 bits per heavy atom. The summed E-state index contributed by atoms with van der Waals surface area (Å²) < 4.78 is 1.88. The quantitative estimate of drug-likeness (QED) is 0.867. The van der Waals surface area contributed by atoms with Crippen LogP contribution in [0.5, 0.6) is 0 Å². The van der Waals surface area contributed by atoms with Gasteiger partial charge in [-0.05, 0) is 32.4 Å². The smallest absolute Gasteiger partial charge is 0.224 e. The van der Waals surface area contributed by atoms with E-state index in [4.69, 9.17) is 5.73 Å². The molecule has 1 unspecified atom stereocenters. The van der Waals surface area contributed by atoms with Crippen LogP contribution in [-0.2, 0) is 4.79 Å². The second kappa shape index (κ2) is 6.29. The lowest BCUT2D eigenvalue weighted by atomic mass is 10.2. The molecule has 3 N–H and O–H groups in total. The minimum Gasteiger partial charge on any atom is -0.328 e. The third-order valence-corrected chi connectivity index (χ3v) is 2.93. The van der Waals surface area contributed by atoms with E-state index in [2.05, 4.69) is 15.3 Å². The van der Waals surface area contributed by atoms with Crippen LogP contribution in [0.2, 0.25) is 0 Å². The van der Waals surface area contributed by atoms with Crippen molar-refractivity contribution in [2.75, 3.05) is 5.32 Å². The highest BCUT2D eigenvalue weighted by atomic mass is 16.1. The lowest BCUT2D eigenvalue weighted by molar-refractivity contribution is -0.116.